The summed E-state index contributed by atoms with van der Waals surface area (Å²) in [4.78, 5) is 7.43. The van der Waals surface area contributed by atoms with E-state index in [4.69, 9.17) is 19.2 Å². The number of aromatic nitrogens is 1. The minimum Gasteiger partial charge on any atom is -0.497 e. The Hall–Kier alpha value is -2.57. The maximum absolute atomic E-state index is 5.63. The Balaban J connectivity index is 1.50. The fourth-order valence-electron chi connectivity index (χ4n) is 4.04. The van der Waals surface area contributed by atoms with Crippen LogP contribution in [0.5, 0.6) is 17.2 Å². The number of likely N-dealkylation sites (tertiary alicyclic amines) is 1. The minimum absolute atomic E-state index is 0.413. The van der Waals surface area contributed by atoms with Crippen molar-refractivity contribution < 1.29 is 14.2 Å². The van der Waals surface area contributed by atoms with E-state index in [1.165, 1.54) is 18.4 Å². The van der Waals surface area contributed by atoms with Gasteiger partial charge in [-0.05, 0) is 62.2 Å². The van der Waals surface area contributed by atoms with Crippen LogP contribution < -0.4 is 14.2 Å². The van der Waals surface area contributed by atoms with Gasteiger partial charge in [0.1, 0.15) is 10.8 Å². The van der Waals surface area contributed by atoms with Crippen molar-refractivity contribution in [2.75, 3.05) is 27.4 Å². The van der Waals surface area contributed by atoms with Crippen LogP contribution in [0.1, 0.15) is 37.1 Å². The maximum Gasteiger partial charge on any atom is 0.161 e. The van der Waals surface area contributed by atoms with Gasteiger partial charge in [0.2, 0.25) is 0 Å². The van der Waals surface area contributed by atoms with Crippen LogP contribution in [-0.2, 0) is 6.54 Å². The average Bonchev–Trinajstić information content (AvgIpc) is 3.44. The van der Waals surface area contributed by atoms with Crippen molar-refractivity contribution in [3.8, 4) is 27.8 Å². The number of methoxy groups -OCH3 is 2. The minimum atomic E-state index is 0.413. The lowest BCUT2D eigenvalue weighted by molar-refractivity contribution is 0.245. The summed E-state index contributed by atoms with van der Waals surface area (Å²) in [5.74, 6) is 2.42. The highest BCUT2D eigenvalue weighted by molar-refractivity contribution is 7.13. The van der Waals surface area contributed by atoms with E-state index in [1.807, 2.05) is 31.2 Å². The van der Waals surface area contributed by atoms with E-state index in [1.54, 1.807) is 25.6 Å². The number of thiazole rings is 1. The van der Waals surface area contributed by atoms with Crippen LogP contribution in [0.4, 0.5) is 0 Å². The number of nitrogens with zero attached hydrogens (tertiary/aromatic N) is 2. The third kappa shape index (κ3) is 4.45. The first-order valence-corrected chi connectivity index (χ1v) is 11.2. The molecule has 30 heavy (non-hydrogen) atoms. The fraction of sp³-hybridized carbons (Fsp3) is 0.375. The number of hydrogen-bond donors (Lipinski definition) is 0. The lowest BCUT2D eigenvalue weighted by Gasteiger charge is -2.24. The molecule has 1 saturated heterocycles. The van der Waals surface area contributed by atoms with Crippen molar-refractivity contribution >= 4 is 11.3 Å². The lowest BCUT2D eigenvalue weighted by atomic mass is 10.0. The maximum atomic E-state index is 5.63. The van der Waals surface area contributed by atoms with Gasteiger partial charge in [0.15, 0.2) is 11.5 Å². The molecule has 0 saturated carbocycles. The molecule has 0 radical (unpaired) electrons. The number of rotatable bonds is 8. The highest BCUT2D eigenvalue weighted by atomic mass is 32.1. The first-order chi connectivity index (χ1) is 14.7. The molecular weight excluding hydrogens is 396 g/mol. The molecule has 1 aromatic heterocycles. The van der Waals surface area contributed by atoms with E-state index in [0.29, 0.717) is 12.6 Å². The molecule has 2 heterocycles. The summed E-state index contributed by atoms with van der Waals surface area (Å²) in [6.07, 6.45) is 2.37. The molecule has 1 fully saturated rings. The molecule has 0 aliphatic carbocycles. The smallest absolute Gasteiger partial charge is 0.161 e. The van der Waals surface area contributed by atoms with Gasteiger partial charge < -0.3 is 14.2 Å². The molecule has 6 heteroatoms. The molecule has 0 amide bonds. The summed E-state index contributed by atoms with van der Waals surface area (Å²) in [7, 11) is 3.39. The Morgan fingerprint density at radius 1 is 1.10 bits per heavy atom. The van der Waals surface area contributed by atoms with Crippen molar-refractivity contribution in [1.82, 2.24) is 9.88 Å². The highest BCUT2D eigenvalue weighted by Crippen LogP contribution is 2.36. The van der Waals surface area contributed by atoms with Gasteiger partial charge >= 0.3 is 0 Å². The summed E-state index contributed by atoms with van der Waals surface area (Å²) in [6.45, 7) is 4.52. The molecule has 0 spiro atoms. The van der Waals surface area contributed by atoms with Crippen LogP contribution in [0.3, 0.4) is 0 Å². The molecule has 1 aliphatic heterocycles. The Bertz CT molecular complexity index is 988. The van der Waals surface area contributed by atoms with Gasteiger partial charge in [0.25, 0.3) is 0 Å². The van der Waals surface area contributed by atoms with Crippen LogP contribution in [-0.4, -0.2) is 37.3 Å². The Morgan fingerprint density at radius 3 is 2.80 bits per heavy atom. The second-order valence-corrected chi connectivity index (χ2v) is 8.21. The van der Waals surface area contributed by atoms with E-state index in [9.17, 15) is 0 Å². The zero-order valence-electron chi connectivity index (χ0n) is 17.8. The van der Waals surface area contributed by atoms with Crippen LogP contribution in [0.25, 0.3) is 10.6 Å². The second-order valence-electron chi connectivity index (χ2n) is 7.35. The Morgan fingerprint density at radius 2 is 2.00 bits per heavy atom. The quantitative estimate of drug-likeness (QED) is 0.473. The predicted molar refractivity (Wildman–Crippen MR) is 121 cm³/mol. The number of ether oxygens (including phenoxy) is 3. The molecule has 3 aromatic rings. The molecule has 1 atom stereocenters. The molecule has 1 unspecified atom stereocenters. The molecule has 0 N–H and O–H groups in total. The van der Waals surface area contributed by atoms with Gasteiger partial charge in [-0.15, -0.1) is 11.3 Å². The molecular formula is C24H28N2O3S. The highest BCUT2D eigenvalue weighted by Gasteiger charge is 2.27. The predicted octanol–water partition coefficient (Wildman–Crippen LogP) is 5.56. The Kier molecular flexibility index (Phi) is 6.55. The van der Waals surface area contributed by atoms with Gasteiger partial charge in [-0.25, -0.2) is 4.98 Å². The molecule has 4 rings (SSSR count). The van der Waals surface area contributed by atoms with E-state index < -0.39 is 0 Å². The van der Waals surface area contributed by atoms with Crippen molar-refractivity contribution in [3.05, 3.63) is 59.1 Å². The summed E-state index contributed by atoms with van der Waals surface area (Å²) in [5.41, 5.74) is 3.48. The molecule has 158 valence electrons. The van der Waals surface area contributed by atoms with E-state index in [0.717, 1.165) is 46.6 Å². The molecule has 2 aromatic carbocycles. The van der Waals surface area contributed by atoms with Crippen LogP contribution in [0, 0.1) is 0 Å². The van der Waals surface area contributed by atoms with Crippen molar-refractivity contribution in [3.63, 3.8) is 0 Å². The van der Waals surface area contributed by atoms with Gasteiger partial charge in [0.05, 0.1) is 26.5 Å². The third-order valence-electron chi connectivity index (χ3n) is 5.47. The summed E-state index contributed by atoms with van der Waals surface area (Å²) < 4.78 is 16.5. The normalized spacial score (nSPS) is 16.6. The first kappa shape index (κ1) is 20.7. The monoisotopic (exact) mass is 424 g/mol. The topological polar surface area (TPSA) is 43.8 Å². The van der Waals surface area contributed by atoms with Crippen molar-refractivity contribution in [2.24, 2.45) is 0 Å². The summed E-state index contributed by atoms with van der Waals surface area (Å²) in [5, 5.41) is 3.17. The first-order valence-electron chi connectivity index (χ1n) is 10.4. The van der Waals surface area contributed by atoms with E-state index >= 15 is 0 Å². The molecule has 5 nitrogen and oxygen atoms in total. The van der Waals surface area contributed by atoms with Crippen molar-refractivity contribution in [2.45, 2.75) is 32.4 Å². The number of hydrogen-bond acceptors (Lipinski definition) is 6. The summed E-state index contributed by atoms with van der Waals surface area (Å²) >= 11 is 1.67. The van der Waals surface area contributed by atoms with Gasteiger partial charge in [-0.1, -0.05) is 12.1 Å². The van der Waals surface area contributed by atoms with Crippen LogP contribution in [0.2, 0.25) is 0 Å². The standard InChI is InChI=1S/C24H28N2O3S/c1-4-29-22-11-10-18(14-23(22)28-3)24-25-19(16-30-24)15-26-12-6-9-21(26)17-7-5-8-20(13-17)27-2/h5,7-8,10-11,13-14,16,21H,4,6,9,12,15H2,1-3H3. The van der Waals surface area contributed by atoms with Crippen LogP contribution >= 0.6 is 11.3 Å². The second kappa shape index (κ2) is 9.49. The van der Waals surface area contributed by atoms with Gasteiger partial charge in [-0.2, -0.15) is 0 Å². The third-order valence-corrected chi connectivity index (χ3v) is 6.41. The average molecular weight is 425 g/mol. The fourth-order valence-corrected chi connectivity index (χ4v) is 4.85. The lowest BCUT2D eigenvalue weighted by Crippen LogP contribution is -2.22. The van der Waals surface area contributed by atoms with Crippen molar-refractivity contribution in [1.29, 1.82) is 0 Å². The molecule has 1 aliphatic rings. The summed E-state index contributed by atoms with van der Waals surface area (Å²) in [6, 6.07) is 14.8. The van der Waals surface area contributed by atoms with E-state index in [-0.39, 0.29) is 0 Å². The van der Waals surface area contributed by atoms with Gasteiger partial charge in [0, 0.05) is 23.5 Å². The Labute approximate surface area is 182 Å². The zero-order valence-corrected chi connectivity index (χ0v) is 18.6. The molecule has 0 bridgehead atoms. The van der Waals surface area contributed by atoms with Gasteiger partial charge in [-0.3, -0.25) is 4.90 Å². The largest absolute Gasteiger partial charge is 0.497 e. The SMILES string of the molecule is CCOc1ccc(-c2nc(CN3CCCC3c3cccc(OC)c3)cs2)cc1OC. The van der Waals surface area contributed by atoms with E-state index in [2.05, 4.69) is 28.5 Å². The zero-order chi connectivity index (χ0) is 20.9. The van der Waals surface area contributed by atoms with Crippen LogP contribution in [0.15, 0.2) is 47.8 Å². The number of benzene rings is 2.